The highest BCUT2D eigenvalue weighted by molar-refractivity contribution is 6.42. The molecule has 8 heteroatoms. The van der Waals surface area contributed by atoms with Gasteiger partial charge >= 0.3 is 5.97 Å². The van der Waals surface area contributed by atoms with E-state index in [2.05, 4.69) is 20.6 Å². The van der Waals surface area contributed by atoms with Crippen LogP contribution in [0.3, 0.4) is 0 Å². The van der Waals surface area contributed by atoms with Crippen molar-refractivity contribution in [3.8, 4) is 0 Å². The van der Waals surface area contributed by atoms with Crippen molar-refractivity contribution in [3.05, 3.63) is 52.5 Å². The van der Waals surface area contributed by atoms with Crippen LogP contribution in [-0.2, 0) is 4.79 Å². The molecule has 1 aromatic heterocycles. The molecular weight excluding hydrogens is 363 g/mol. The number of nitrogens with zero attached hydrogens (tertiary/aromatic N) is 2. The van der Waals surface area contributed by atoms with Crippen LogP contribution < -0.4 is 10.6 Å². The van der Waals surface area contributed by atoms with E-state index in [9.17, 15) is 4.79 Å². The van der Waals surface area contributed by atoms with Gasteiger partial charge in [0.1, 0.15) is 11.9 Å². The van der Waals surface area contributed by atoms with E-state index in [-0.39, 0.29) is 0 Å². The molecule has 0 fully saturated rings. The summed E-state index contributed by atoms with van der Waals surface area (Å²) in [5, 5.41) is 16.7. The fourth-order valence-electron chi connectivity index (χ4n) is 2.21. The number of fused-ring (bicyclic) bond motifs is 1. The molecule has 3 aromatic rings. The van der Waals surface area contributed by atoms with Crippen molar-refractivity contribution in [2.45, 2.75) is 13.0 Å². The number of benzene rings is 2. The molecule has 128 valence electrons. The maximum Gasteiger partial charge on any atom is 0.325 e. The van der Waals surface area contributed by atoms with Gasteiger partial charge in [-0.2, -0.15) is 4.98 Å². The number of carbonyl (C=O) groups is 1. The van der Waals surface area contributed by atoms with E-state index in [0.717, 1.165) is 5.39 Å². The first-order valence-electron chi connectivity index (χ1n) is 7.42. The van der Waals surface area contributed by atoms with E-state index < -0.39 is 12.0 Å². The highest BCUT2D eigenvalue weighted by Crippen LogP contribution is 2.28. The average Bonchev–Trinajstić information content (AvgIpc) is 2.58. The zero-order valence-electron chi connectivity index (χ0n) is 13.1. The Hall–Kier alpha value is -2.57. The van der Waals surface area contributed by atoms with E-state index >= 15 is 0 Å². The van der Waals surface area contributed by atoms with E-state index in [1.807, 2.05) is 24.3 Å². The lowest BCUT2D eigenvalue weighted by Gasteiger charge is -2.14. The fraction of sp³-hybridized carbons (Fsp3) is 0.118. The van der Waals surface area contributed by atoms with Gasteiger partial charge in [-0.05, 0) is 37.3 Å². The highest BCUT2D eigenvalue weighted by atomic mass is 35.5. The lowest BCUT2D eigenvalue weighted by atomic mass is 10.2. The van der Waals surface area contributed by atoms with Crippen LogP contribution in [0.1, 0.15) is 6.92 Å². The summed E-state index contributed by atoms with van der Waals surface area (Å²) in [7, 11) is 0. The predicted octanol–water partition coefficient (Wildman–Crippen LogP) is 4.57. The minimum Gasteiger partial charge on any atom is -0.480 e. The summed E-state index contributed by atoms with van der Waals surface area (Å²) in [6.45, 7) is 1.55. The van der Waals surface area contributed by atoms with Crippen molar-refractivity contribution in [2.75, 3.05) is 10.6 Å². The van der Waals surface area contributed by atoms with Gasteiger partial charge in [0.25, 0.3) is 0 Å². The third kappa shape index (κ3) is 3.92. The molecule has 3 N–H and O–H groups in total. The van der Waals surface area contributed by atoms with Gasteiger partial charge < -0.3 is 15.7 Å². The maximum absolute atomic E-state index is 11.1. The molecule has 0 bridgehead atoms. The number of rotatable bonds is 5. The maximum atomic E-state index is 11.1. The summed E-state index contributed by atoms with van der Waals surface area (Å²) in [5.41, 5.74) is 1.35. The number of carboxylic acid groups (broad SMARTS) is 1. The Labute approximate surface area is 153 Å². The minimum atomic E-state index is -0.971. The summed E-state index contributed by atoms with van der Waals surface area (Å²) >= 11 is 11.9. The van der Waals surface area contributed by atoms with Crippen LogP contribution in [0.4, 0.5) is 17.5 Å². The molecule has 1 heterocycles. The molecule has 1 unspecified atom stereocenters. The van der Waals surface area contributed by atoms with Gasteiger partial charge in [-0.25, -0.2) is 4.98 Å². The summed E-state index contributed by atoms with van der Waals surface area (Å²) in [6, 6.07) is 11.6. The van der Waals surface area contributed by atoms with Crippen LogP contribution in [-0.4, -0.2) is 27.1 Å². The molecule has 0 aliphatic rings. The van der Waals surface area contributed by atoms with Crippen molar-refractivity contribution in [1.29, 1.82) is 0 Å². The lowest BCUT2D eigenvalue weighted by Crippen LogP contribution is -2.26. The number of para-hydroxylation sites is 1. The number of hydrogen-bond acceptors (Lipinski definition) is 5. The molecule has 25 heavy (non-hydrogen) atoms. The second kappa shape index (κ2) is 7.13. The van der Waals surface area contributed by atoms with Crippen LogP contribution in [0, 0.1) is 0 Å². The summed E-state index contributed by atoms with van der Waals surface area (Å²) < 4.78 is 0. The van der Waals surface area contributed by atoms with E-state index in [1.54, 1.807) is 25.1 Å². The fourth-order valence-corrected chi connectivity index (χ4v) is 2.51. The van der Waals surface area contributed by atoms with Crippen molar-refractivity contribution in [3.63, 3.8) is 0 Å². The van der Waals surface area contributed by atoms with Gasteiger partial charge in [-0.15, -0.1) is 0 Å². The van der Waals surface area contributed by atoms with Crippen LogP contribution in [0.5, 0.6) is 0 Å². The Bertz CT molecular complexity index is 949. The third-order valence-corrected chi connectivity index (χ3v) is 4.24. The van der Waals surface area contributed by atoms with Crippen LogP contribution in [0.2, 0.25) is 10.0 Å². The second-order valence-electron chi connectivity index (χ2n) is 5.37. The molecule has 2 aromatic carbocycles. The van der Waals surface area contributed by atoms with E-state index in [0.29, 0.717) is 33.0 Å². The molecule has 1 atom stereocenters. The van der Waals surface area contributed by atoms with Crippen molar-refractivity contribution < 1.29 is 9.90 Å². The Morgan fingerprint density at radius 1 is 1.12 bits per heavy atom. The van der Waals surface area contributed by atoms with E-state index in [4.69, 9.17) is 28.3 Å². The van der Waals surface area contributed by atoms with Gasteiger partial charge in [0.15, 0.2) is 0 Å². The number of hydrogen-bond donors (Lipinski definition) is 3. The number of anilines is 3. The average molecular weight is 377 g/mol. The second-order valence-corrected chi connectivity index (χ2v) is 6.19. The number of aromatic nitrogens is 2. The standard InChI is InChI=1S/C17H14Cl2N4O2/c1-9(16(24)25)20-15-11-4-2-3-5-14(11)22-17(23-15)21-10-6-7-12(18)13(19)8-10/h2-9H,1H3,(H,24,25)(H2,20,21,22,23). The van der Waals surface area contributed by atoms with Crippen LogP contribution in [0.25, 0.3) is 10.9 Å². The molecule has 0 saturated heterocycles. The molecule has 3 rings (SSSR count). The third-order valence-electron chi connectivity index (χ3n) is 3.50. The Kier molecular flexibility index (Phi) is 4.92. The Morgan fingerprint density at radius 3 is 2.60 bits per heavy atom. The van der Waals surface area contributed by atoms with E-state index in [1.165, 1.54) is 0 Å². The van der Waals surface area contributed by atoms with Gasteiger partial charge in [0.05, 0.1) is 15.6 Å². The Balaban J connectivity index is 2.00. The molecule has 0 spiro atoms. The number of nitrogens with one attached hydrogen (secondary N) is 2. The monoisotopic (exact) mass is 376 g/mol. The van der Waals surface area contributed by atoms with Crippen molar-refractivity contribution in [2.24, 2.45) is 0 Å². The number of halogens is 2. The van der Waals surface area contributed by atoms with Gasteiger partial charge in [-0.1, -0.05) is 35.3 Å². The molecule has 0 saturated carbocycles. The predicted molar refractivity (Wildman–Crippen MR) is 100 cm³/mol. The van der Waals surface area contributed by atoms with Crippen molar-refractivity contribution in [1.82, 2.24) is 9.97 Å². The molecule has 0 aliphatic carbocycles. The first kappa shape index (κ1) is 17.3. The Morgan fingerprint density at radius 2 is 1.88 bits per heavy atom. The highest BCUT2D eigenvalue weighted by Gasteiger charge is 2.15. The SMILES string of the molecule is CC(Nc1nc(Nc2ccc(Cl)c(Cl)c2)nc2ccccc12)C(=O)O. The summed E-state index contributed by atoms with van der Waals surface area (Å²) in [4.78, 5) is 20.0. The molecular formula is C17H14Cl2N4O2. The first-order valence-corrected chi connectivity index (χ1v) is 8.18. The van der Waals surface area contributed by atoms with Gasteiger partial charge in [-0.3, -0.25) is 4.79 Å². The smallest absolute Gasteiger partial charge is 0.325 e. The topological polar surface area (TPSA) is 87.1 Å². The first-order chi connectivity index (χ1) is 11.9. The summed E-state index contributed by atoms with van der Waals surface area (Å²) in [5.74, 6) is -0.220. The zero-order chi connectivity index (χ0) is 18.0. The van der Waals surface area contributed by atoms with Crippen molar-refractivity contribution >= 4 is 57.5 Å². The van der Waals surface area contributed by atoms with Gasteiger partial charge in [0.2, 0.25) is 5.95 Å². The van der Waals surface area contributed by atoms with Gasteiger partial charge in [0, 0.05) is 11.1 Å². The largest absolute Gasteiger partial charge is 0.480 e. The van der Waals surface area contributed by atoms with Crippen LogP contribution in [0.15, 0.2) is 42.5 Å². The minimum absolute atomic E-state index is 0.317. The van der Waals surface area contributed by atoms with Crippen LogP contribution >= 0.6 is 23.2 Å². The molecule has 0 aliphatic heterocycles. The molecule has 0 amide bonds. The zero-order valence-corrected chi connectivity index (χ0v) is 14.6. The molecule has 0 radical (unpaired) electrons. The molecule has 6 nitrogen and oxygen atoms in total. The summed E-state index contributed by atoms with van der Waals surface area (Å²) in [6.07, 6.45) is 0. The number of carboxylic acids is 1. The lowest BCUT2D eigenvalue weighted by molar-refractivity contribution is -0.137. The quantitative estimate of drug-likeness (QED) is 0.604. The normalized spacial score (nSPS) is 12.0. The number of aliphatic carboxylic acids is 1.